The zero-order chi connectivity index (χ0) is 9.52. The maximum atomic E-state index is 4.34. The van der Waals surface area contributed by atoms with Gasteiger partial charge in [-0.05, 0) is 19.2 Å². The molecule has 2 nitrogen and oxygen atoms in total. The molecule has 0 bridgehead atoms. The Hall–Kier alpha value is -0.0600. The summed E-state index contributed by atoms with van der Waals surface area (Å²) in [4.78, 5) is 5.69. The van der Waals surface area contributed by atoms with Crippen molar-refractivity contribution in [3.63, 3.8) is 0 Å². The first-order chi connectivity index (χ1) is 6.36. The fourth-order valence-electron chi connectivity index (χ4n) is 1.01. The summed E-state index contributed by atoms with van der Waals surface area (Å²) in [6, 6.07) is 0. The highest BCUT2D eigenvalue weighted by Crippen LogP contribution is 2.16. The van der Waals surface area contributed by atoms with Crippen LogP contribution >= 0.6 is 23.1 Å². The van der Waals surface area contributed by atoms with Crippen molar-refractivity contribution in [3.8, 4) is 0 Å². The Morgan fingerprint density at radius 1 is 1.62 bits per heavy atom. The normalized spacial score (nSPS) is 10.6. The first-order valence-electron chi connectivity index (χ1n) is 4.50. The summed E-state index contributed by atoms with van der Waals surface area (Å²) in [7, 11) is 0. The van der Waals surface area contributed by atoms with E-state index in [0.29, 0.717) is 0 Å². The average molecular weight is 216 g/mol. The van der Waals surface area contributed by atoms with Gasteiger partial charge in [0.15, 0.2) is 0 Å². The third kappa shape index (κ3) is 4.11. The van der Waals surface area contributed by atoms with Crippen molar-refractivity contribution in [2.45, 2.75) is 25.6 Å². The number of aromatic nitrogens is 1. The number of hydrogen-bond donors (Lipinski definition) is 1. The second-order valence-electron chi connectivity index (χ2n) is 2.83. The quantitative estimate of drug-likeness (QED) is 0.740. The molecule has 1 aromatic rings. The molecule has 4 heteroatoms. The molecule has 1 N–H and O–H groups in total. The van der Waals surface area contributed by atoms with E-state index < -0.39 is 0 Å². The van der Waals surface area contributed by atoms with Gasteiger partial charge >= 0.3 is 0 Å². The van der Waals surface area contributed by atoms with Crippen molar-refractivity contribution in [2.75, 3.05) is 12.8 Å². The molecule has 0 unspecified atom stereocenters. The molecule has 0 aliphatic rings. The van der Waals surface area contributed by atoms with Crippen molar-refractivity contribution in [1.29, 1.82) is 0 Å². The van der Waals surface area contributed by atoms with Crippen LogP contribution in [-0.2, 0) is 12.3 Å². The molecule has 0 radical (unpaired) electrons. The van der Waals surface area contributed by atoms with E-state index in [1.807, 2.05) is 29.3 Å². The number of nitrogens with zero attached hydrogens (tertiary/aromatic N) is 1. The lowest BCUT2D eigenvalue weighted by Crippen LogP contribution is -2.12. The van der Waals surface area contributed by atoms with Crippen LogP contribution in [0.4, 0.5) is 0 Å². The number of thiazole rings is 1. The molecule has 0 amide bonds. The summed E-state index contributed by atoms with van der Waals surface area (Å²) in [6.45, 7) is 4.24. The lowest BCUT2D eigenvalue weighted by Gasteiger charge is -1.97. The highest BCUT2D eigenvalue weighted by Gasteiger charge is 1.99. The van der Waals surface area contributed by atoms with E-state index >= 15 is 0 Å². The van der Waals surface area contributed by atoms with Crippen LogP contribution < -0.4 is 5.32 Å². The lowest BCUT2D eigenvalue weighted by atomic mass is 10.4. The Labute approximate surface area is 88.2 Å². The second kappa shape index (κ2) is 6.40. The van der Waals surface area contributed by atoms with Crippen molar-refractivity contribution in [1.82, 2.24) is 10.3 Å². The van der Waals surface area contributed by atoms with Gasteiger partial charge in [0.2, 0.25) is 0 Å². The number of rotatable bonds is 6. The average Bonchev–Trinajstić information content (AvgIpc) is 2.54. The molecule has 13 heavy (non-hydrogen) atoms. The highest BCUT2D eigenvalue weighted by atomic mass is 32.2. The molecule has 1 rings (SSSR count). The van der Waals surface area contributed by atoms with Gasteiger partial charge in [0.1, 0.15) is 5.01 Å². The molecule has 1 aromatic heterocycles. The van der Waals surface area contributed by atoms with Crippen molar-refractivity contribution in [3.05, 3.63) is 16.1 Å². The molecule has 0 atom stereocenters. The van der Waals surface area contributed by atoms with Gasteiger partial charge in [-0.15, -0.1) is 11.3 Å². The van der Waals surface area contributed by atoms with Gasteiger partial charge in [-0.3, -0.25) is 0 Å². The minimum atomic E-state index is 0.972. The van der Waals surface area contributed by atoms with Crippen LogP contribution in [0.3, 0.4) is 0 Å². The van der Waals surface area contributed by atoms with E-state index in [9.17, 15) is 0 Å². The van der Waals surface area contributed by atoms with Gasteiger partial charge in [-0.1, -0.05) is 6.92 Å². The van der Waals surface area contributed by atoms with Crippen LogP contribution in [0.2, 0.25) is 0 Å². The molecule has 0 spiro atoms. The Morgan fingerprint density at radius 2 is 2.46 bits per heavy atom. The van der Waals surface area contributed by atoms with Crippen molar-refractivity contribution >= 4 is 23.1 Å². The molecular formula is C9H16N2S2. The minimum Gasteiger partial charge on any atom is -0.312 e. The first kappa shape index (κ1) is 11.0. The molecule has 74 valence electrons. The van der Waals surface area contributed by atoms with Crippen LogP contribution in [-0.4, -0.2) is 17.8 Å². The monoisotopic (exact) mass is 216 g/mol. The fourth-order valence-corrected chi connectivity index (χ4v) is 2.61. The minimum absolute atomic E-state index is 0.972. The van der Waals surface area contributed by atoms with Crippen LogP contribution in [0.1, 0.15) is 23.2 Å². The predicted octanol–water partition coefficient (Wildman–Crippen LogP) is 2.51. The molecule has 0 fully saturated rings. The maximum Gasteiger partial charge on any atom is 0.103 e. The topological polar surface area (TPSA) is 24.9 Å². The second-order valence-corrected chi connectivity index (χ2v) is 4.90. The molecule has 0 saturated carbocycles. The van der Waals surface area contributed by atoms with E-state index in [4.69, 9.17) is 0 Å². The lowest BCUT2D eigenvalue weighted by molar-refractivity contribution is 0.681. The summed E-state index contributed by atoms with van der Waals surface area (Å²) in [5, 5.41) is 4.61. The van der Waals surface area contributed by atoms with Gasteiger partial charge in [0.05, 0.1) is 0 Å². The van der Waals surface area contributed by atoms with E-state index in [2.05, 4.69) is 23.5 Å². The summed E-state index contributed by atoms with van der Waals surface area (Å²) < 4.78 is 0. The standard InChI is InChI=1S/C9H16N2S2/c1-3-4-10-5-8-6-11-9(13-8)7-12-2/h6,10H,3-5,7H2,1-2H3. The third-order valence-corrected chi connectivity index (χ3v) is 3.34. The predicted molar refractivity (Wildman–Crippen MR) is 61.3 cm³/mol. The van der Waals surface area contributed by atoms with Crippen LogP contribution in [0, 0.1) is 0 Å². The van der Waals surface area contributed by atoms with Gasteiger partial charge in [0.25, 0.3) is 0 Å². The zero-order valence-corrected chi connectivity index (χ0v) is 9.80. The molecule has 0 aromatic carbocycles. The molecule has 0 saturated heterocycles. The van der Waals surface area contributed by atoms with Crippen LogP contribution in [0.25, 0.3) is 0 Å². The first-order valence-corrected chi connectivity index (χ1v) is 6.71. The van der Waals surface area contributed by atoms with Gasteiger partial charge in [-0.25, -0.2) is 4.98 Å². The van der Waals surface area contributed by atoms with Crippen LogP contribution in [0.5, 0.6) is 0 Å². The van der Waals surface area contributed by atoms with Crippen molar-refractivity contribution in [2.24, 2.45) is 0 Å². The number of hydrogen-bond acceptors (Lipinski definition) is 4. The molecule has 0 aliphatic carbocycles. The van der Waals surface area contributed by atoms with E-state index in [1.54, 1.807) is 0 Å². The molecular weight excluding hydrogens is 200 g/mol. The maximum absolute atomic E-state index is 4.34. The SMILES string of the molecule is CCCNCc1cnc(CSC)s1. The summed E-state index contributed by atoms with van der Waals surface area (Å²) >= 11 is 3.64. The Bertz CT molecular complexity index is 235. The largest absolute Gasteiger partial charge is 0.312 e. The van der Waals surface area contributed by atoms with Crippen molar-refractivity contribution < 1.29 is 0 Å². The Balaban J connectivity index is 2.31. The highest BCUT2D eigenvalue weighted by molar-refractivity contribution is 7.97. The molecule has 0 aliphatic heterocycles. The van der Waals surface area contributed by atoms with Crippen LogP contribution in [0.15, 0.2) is 6.20 Å². The Kier molecular flexibility index (Phi) is 5.43. The summed E-state index contributed by atoms with van der Waals surface area (Å²) in [5.74, 6) is 1.04. The smallest absolute Gasteiger partial charge is 0.103 e. The zero-order valence-electron chi connectivity index (χ0n) is 8.17. The summed E-state index contributed by atoms with van der Waals surface area (Å²) in [6.07, 6.45) is 5.28. The Morgan fingerprint density at radius 3 is 3.15 bits per heavy atom. The third-order valence-electron chi connectivity index (χ3n) is 1.60. The number of thioether (sulfide) groups is 1. The van der Waals surface area contributed by atoms with E-state index in [1.165, 1.54) is 16.3 Å². The van der Waals surface area contributed by atoms with Gasteiger partial charge in [0, 0.05) is 23.4 Å². The summed E-state index contributed by atoms with van der Waals surface area (Å²) in [5.41, 5.74) is 0. The van der Waals surface area contributed by atoms with Gasteiger partial charge < -0.3 is 5.32 Å². The molecule has 1 heterocycles. The fraction of sp³-hybridized carbons (Fsp3) is 0.667. The van der Waals surface area contributed by atoms with E-state index in [-0.39, 0.29) is 0 Å². The van der Waals surface area contributed by atoms with E-state index in [0.717, 1.165) is 18.8 Å². The number of nitrogens with one attached hydrogen (secondary N) is 1. The van der Waals surface area contributed by atoms with Gasteiger partial charge in [-0.2, -0.15) is 11.8 Å².